The number of allylic oxidation sites excluding steroid dienone is 5. The number of rotatable bonds is 0. The molecular formula is C9H9N5S. The van der Waals surface area contributed by atoms with Crippen LogP contribution in [0.5, 0.6) is 0 Å². The van der Waals surface area contributed by atoms with Crippen molar-refractivity contribution in [2.75, 3.05) is 5.32 Å². The van der Waals surface area contributed by atoms with E-state index in [-0.39, 0.29) is 0 Å². The van der Waals surface area contributed by atoms with Gasteiger partial charge in [0, 0.05) is 11.7 Å². The van der Waals surface area contributed by atoms with Gasteiger partial charge >= 0.3 is 0 Å². The first-order valence-electron chi connectivity index (χ1n) is 4.52. The lowest BCUT2D eigenvalue weighted by molar-refractivity contribution is 1.08. The average molecular weight is 219 g/mol. The molecule has 1 aromatic rings. The number of aromatic nitrogens is 3. The molecule has 1 aliphatic heterocycles. The number of hydrogen-bond donors (Lipinski definition) is 4. The average Bonchev–Trinajstić information content (AvgIpc) is 2.50. The zero-order valence-electron chi connectivity index (χ0n) is 7.74. The fraction of sp³-hybridized carbons (Fsp3) is 0. The van der Waals surface area contributed by atoms with E-state index in [2.05, 4.69) is 24.3 Å². The Morgan fingerprint density at radius 3 is 3.20 bits per heavy atom. The molecule has 0 radical (unpaired) electrons. The molecule has 0 spiro atoms. The van der Waals surface area contributed by atoms with Gasteiger partial charge in [-0.05, 0) is 12.2 Å². The smallest absolute Gasteiger partial charge is 0.188 e. The zero-order valence-corrected chi connectivity index (χ0v) is 8.56. The highest BCUT2D eigenvalue weighted by Crippen LogP contribution is 2.26. The number of hydrogen-bond acceptors (Lipinski definition) is 3. The SMILES string of the molecule is C1=CC=C2Nc3[nH]s[nH][nH]c3N=C2C=C1. The van der Waals surface area contributed by atoms with E-state index in [1.165, 1.54) is 11.7 Å². The molecule has 76 valence electrons. The van der Waals surface area contributed by atoms with Crippen molar-refractivity contribution in [2.24, 2.45) is 4.99 Å². The predicted octanol–water partition coefficient (Wildman–Crippen LogP) is 2.36. The summed E-state index contributed by atoms with van der Waals surface area (Å²) in [5, 5.41) is 6.24. The third-order valence-corrected chi connectivity index (χ3v) is 2.63. The minimum absolute atomic E-state index is 0.771. The Morgan fingerprint density at radius 1 is 1.20 bits per heavy atom. The summed E-state index contributed by atoms with van der Waals surface area (Å²) in [7, 11) is 0. The molecule has 0 saturated carbocycles. The summed E-state index contributed by atoms with van der Waals surface area (Å²) in [6, 6.07) is 0. The fourth-order valence-electron chi connectivity index (χ4n) is 1.43. The normalized spacial score (nSPS) is 16.8. The van der Waals surface area contributed by atoms with E-state index >= 15 is 0 Å². The van der Waals surface area contributed by atoms with Gasteiger partial charge in [-0.15, -0.1) is 0 Å². The van der Waals surface area contributed by atoms with Crippen LogP contribution < -0.4 is 5.32 Å². The number of anilines is 1. The monoisotopic (exact) mass is 219 g/mol. The highest BCUT2D eigenvalue weighted by Gasteiger charge is 2.15. The number of aliphatic imine (C=N–C) groups is 1. The summed E-state index contributed by atoms with van der Waals surface area (Å²) in [5.74, 6) is 1.64. The highest BCUT2D eigenvalue weighted by atomic mass is 32.1. The summed E-state index contributed by atoms with van der Waals surface area (Å²) in [4.78, 5) is 4.48. The third kappa shape index (κ3) is 1.44. The van der Waals surface area contributed by atoms with Crippen molar-refractivity contribution in [1.82, 2.24) is 14.0 Å². The number of nitrogens with zero attached hydrogens (tertiary/aromatic N) is 1. The lowest BCUT2D eigenvalue weighted by Crippen LogP contribution is -2.14. The molecule has 5 nitrogen and oxygen atoms in total. The molecule has 1 aliphatic carbocycles. The molecule has 0 unspecified atom stereocenters. The Morgan fingerprint density at radius 2 is 2.20 bits per heavy atom. The summed E-state index contributed by atoms with van der Waals surface area (Å²) in [6.45, 7) is 0. The second-order valence-electron chi connectivity index (χ2n) is 3.10. The van der Waals surface area contributed by atoms with E-state index in [4.69, 9.17) is 0 Å². The van der Waals surface area contributed by atoms with Crippen LogP contribution in [0.4, 0.5) is 11.6 Å². The van der Waals surface area contributed by atoms with E-state index in [0.717, 1.165) is 23.0 Å². The van der Waals surface area contributed by atoms with Crippen LogP contribution in [0.15, 0.2) is 41.1 Å². The minimum atomic E-state index is 0.771. The third-order valence-electron chi connectivity index (χ3n) is 2.12. The van der Waals surface area contributed by atoms with Gasteiger partial charge in [0.25, 0.3) is 0 Å². The Labute approximate surface area is 89.9 Å². The van der Waals surface area contributed by atoms with Gasteiger partial charge in [-0.3, -0.25) is 9.47 Å². The van der Waals surface area contributed by atoms with Crippen molar-refractivity contribution in [3.63, 3.8) is 0 Å². The molecule has 6 heteroatoms. The van der Waals surface area contributed by atoms with Crippen LogP contribution in [-0.4, -0.2) is 19.7 Å². The van der Waals surface area contributed by atoms with Gasteiger partial charge in [0.15, 0.2) is 11.6 Å². The highest BCUT2D eigenvalue weighted by molar-refractivity contribution is 6.98. The van der Waals surface area contributed by atoms with Crippen LogP contribution in [0, 0.1) is 0 Å². The van der Waals surface area contributed by atoms with Crippen molar-refractivity contribution in [1.29, 1.82) is 0 Å². The quantitative estimate of drug-likeness (QED) is 0.531. The lowest BCUT2D eigenvalue weighted by atomic mass is 10.2. The van der Waals surface area contributed by atoms with Gasteiger partial charge in [-0.2, -0.15) is 0 Å². The second kappa shape index (κ2) is 3.32. The van der Waals surface area contributed by atoms with Crippen LogP contribution in [0.1, 0.15) is 0 Å². The zero-order chi connectivity index (χ0) is 10.1. The maximum atomic E-state index is 4.48. The maximum Gasteiger partial charge on any atom is 0.188 e. The fourth-order valence-corrected chi connectivity index (χ4v) is 1.87. The molecule has 0 fully saturated rings. The first kappa shape index (κ1) is 8.37. The van der Waals surface area contributed by atoms with Crippen LogP contribution in [-0.2, 0) is 0 Å². The van der Waals surface area contributed by atoms with E-state index < -0.39 is 0 Å². The molecule has 1 aromatic heterocycles. The Kier molecular flexibility index (Phi) is 1.85. The number of aromatic amines is 3. The molecule has 3 rings (SSSR count). The molecular weight excluding hydrogens is 210 g/mol. The van der Waals surface area contributed by atoms with Crippen molar-refractivity contribution in [3.8, 4) is 0 Å². The van der Waals surface area contributed by atoms with Gasteiger partial charge in [-0.1, -0.05) is 18.2 Å². The topological polar surface area (TPSA) is 71.8 Å². The first-order valence-corrected chi connectivity index (χ1v) is 5.33. The van der Waals surface area contributed by atoms with E-state index in [1.807, 2.05) is 30.4 Å². The van der Waals surface area contributed by atoms with Gasteiger partial charge in [0.05, 0.1) is 11.4 Å². The lowest BCUT2D eigenvalue weighted by Gasteiger charge is -2.17. The molecule has 0 amide bonds. The molecule has 0 saturated heterocycles. The van der Waals surface area contributed by atoms with Crippen LogP contribution >= 0.6 is 11.7 Å². The summed E-state index contributed by atoms with van der Waals surface area (Å²) in [6.07, 6.45) is 9.89. The number of fused-ring (bicyclic) bond motifs is 2. The molecule has 0 bridgehead atoms. The minimum Gasteiger partial charge on any atom is -0.336 e. The number of nitrogens with one attached hydrogen (secondary N) is 4. The molecule has 2 aliphatic rings. The van der Waals surface area contributed by atoms with Gasteiger partial charge in [0.1, 0.15) is 0 Å². The summed E-state index contributed by atoms with van der Waals surface area (Å²) < 4.78 is 5.98. The largest absolute Gasteiger partial charge is 0.336 e. The van der Waals surface area contributed by atoms with E-state index in [9.17, 15) is 0 Å². The molecule has 0 atom stereocenters. The maximum absolute atomic E-state index is 4.48. The number of H-pyrrole nitrogens is 3. The van der Waals surface area contributed by atoms with Crippen molar-refractivity contribution in [3.05, 3.63) is 36.1 Å². The summed E-state index contributed by atoms with van der Waals surface area (Å²) >= 11 is 1.36. The van der Waals surface area contributed by atoms with Gasteiger partial charge in [-0.25, -0.2) is 9.48 Å². The van der Waals surface area contributed by atoms with Crippen LogP contribution in [0.2, 0.25) is 0 Å². The van der Waals surface area contributed by atoms with Crippen molar-refractivity contribution in [2.45, 2.75) is 0 Å². The Bertz CT molecular complexity index is 529. The van der Waals surface area contributed by atoms with E-state index in [1.54, 1.807) is 0 Å². The second-order valence-corrected chi connectivity index (χ2v) is 3.71. The first-order chi connectivity index (χ1) is 7.43. The standard InChI is InChI=1S/C9H9N5S/c1-2-4-6-7(5-3-1)11-9-8(10-6)12-14-15-13-9/h1-5,11-14H. The van der Waals surface area contributed by atoms with Gasteiger partial charge in [0.2, 0.25) is 0 Å². The van der Waals surface area contributed by atoms with Crippen molar-refractivity contribution < 1.29 is 0 Å². The molecule has 15 heavy (non-hydrogen) atoms. The Balaban J connectivity index is 2.17. The summed E-state index contributed by atoms with van der Waals surface area (Å²) in [5.41, 5.74) is 1.91. The molecule has 0 aromatic carbocycles. The van der Waals surface area contributed by atoms with Crippen molar-refractivity contribution >= 4 is 29.1 Å². The van der Waals surface area contributed by atoms with Crippen LogP contribution in [0.3, 0.4) is 0 Å². The predicted molar refractivity (Wildman–Crippen MR) is 62.1 cm³/mol. The van der Waals surface area contributed by atoms with Gasteiger partial charge < -0.3 is 5.32 Å². The Hall–Kier alpha value is -1.95. The van der Waals surface area contributed by atoms with E-state index in [0.29, 0.717) is 0 Å². The molecule has 2 heterocycles. The molecule has 4 N–H and O–H groups in total. The van der Waals surface area contributed by atoms with Crippen LogP contribution in [0.25, 0.3) is 0 Å².